The van der Waals surface area contributed by atoms with E-state index in [9.17, 15) is 9.18 Å². The van der Waals surface area contributed by atoms with Crippen molar-refractivity contribution in [3.05, 3.63) is 83.6 Å². The van der Waals surface area contributed by atoms with E-state index in [2.05, 4.69) is 25.9 Å². The highest BCUT2D eigenvalue weighted by Crippen LogP contribution is 2.23. The van der Waals surface area contributed by atoms with Gasteiger partial charge in [0.1, 0.15) is 11.6 Å². The SMILES string of the molecule is O=C(Nc1cccc(Cc2nn[nH]n2)c1)c1ccc(-c2cccc(F)c2)o1. The normalized spacial score (nSPS) is 10.7. The number of furan rings is 1. The number of nitrogens with zero attached hydrogens (tertiary/aromatic N) is 3. The molecule has 0 saturated heterocycles. The van der Waals surface area contributed by atoms with Gasteiger partial charge in [0.2, 0.25) is 0 Å². The van der Waals surface area contributed by atoms with Crippen LogP contribution in [0.1, 0.15) is 21.9 Å². The lowest BCUT2D eigenvalue weighted by Crippen LogP contribution is -2.11. The molecule has 0 spiro atoms. The molecule has 2 aromatic carbocycles. The Morgan fingerprint density at radius 1 is 1.11 bits per heavy atom. The van der Waals surface area contributed by atoms with Crippen molar-refractivity contribution in [2.75, 3.05) is 5.32 Å². The van der Waals surface area contributed by atoms with Crippen molar-refractivity contribution in [3.8, 4) is 11.3 Å². The van der Waals surface area contributed by atoms with E-state index in [4.69, 9.17) is 4.42 Å². The lowest BCUT2D eigenvalue weighted by Gasteiger charge is -2.05. The Labute approximate surface area is 153 Å². The molecule has 0 saturated carbocycles. The molecule has 0 aliphatic rings. The maximum Gasteiger partial charge on any atom is 0.291 e. The van der Waals surface area contributed by atoms with Crippen LogP contribution in [0.25, 0.3) is 11.3 Å². The van der Waals surface area contributed by atoms with E-state index in [1.54, 1.807) is 30.3 Å². The molecule has 8 heteroatoms. The summed E-state index contributed by atoms with van der Waals surface area (Å²) in [5.74, 6) is 0.357. The number of carbonyl (C=O) groups is 1. The summed E-state index contributed by atoms with van der Waals surface area (Å²) in [6.07, 6.45) is 0.491. The fraction of sp³-hybridized carbons (Fsp3) is 0.0526. The Hall–Kier alpha value is -3.81. The first-order valence-corrected chi connectivity index (χ1v) is 8.16. The van der Waals surface area contributed by atoms with E-state index in [0.717, 1.165) is 5.56 Å². The van der Waals surface area contributed by atoms with Crippen LogP contribution in [0.2, 0.25) is 0 Å². The Kier molecular flexibility index (Phi) is 4.44. The minimum Gasteiger partial charge on any atom is -0.451 e. The summed E-state index contributed by atoms with van der Waals surface area (Å²) in [6.45, 7) is 0. The van der Waals surface area contributed by atoms with Crippen molar-refractivity contribution >= 4 is 11.6 Å². The third-order valence-electron chi connectivity index (χ3n) is 3.88. The smallest absolute Gasteiger partial charge is 0.291 e. The van der Waals surface area contributed by atoms with Crippen LogP contribution in [0.4, 0.5) is 10.1 Å². The first kappa shape index (κ1) is 16.6. The van der Waals surface area contributed by atoms with E-state index in [0.29, 0.717) is 29.3 Å². The fourth-order valence-electron chi connectivity index (χ4n) is 2.65. The molecule has 0 radical (unpaired) electrons. The third kappa shape index (κ3) is 3.90. The van der Waals surface area contributed by atoms with Crippen LogP contribution in [-0.2, 0) is 6.42 Å². The van der Waals surface area contributed by atoms with Gasteiger partial charge in [-0.1, -0.05) is 29.5 Å². The van der Waals surface area contributed by atoms with Crippen molar-refractivity contribution < 1.29 is 13.6 Å². The van der Waals surface area contributed by atoms with Crippen molar-refractivity contribution in [2.45, 2.75) is 6.42 Å². The minimum absolute atomic E-state index is 0.137. The zero-order valence-corrected chi connectivity index (χ0v) is 14.0. The highest BCUT2D eigenvalue weighted by atomic mass is 19.1. The van der Waals surface area contributed by atoms with Crippen LogP contribution < -0.4 is 5.32 Å². The number of hydrogen-bond acceptors (Lipinski definition) is 5. The van der Waals surface area contributed by atoms with Gasteiger partial charge >= 0.3 is 0 Å². The Balaban J connectivity index is 1.48. The van der Waals surface area contributed by atoms with Crippen LogP contribution >= 0.6 is 0 Å². The van der Waals surface area contributed by atoms with Gasteiger partial charge in [-0.3, -0.25) is 4.79 Å². The second-order valence-electron chi connectivity index (χ2n) is 5.83. The number of carbonyl (C=O) groups excluding carboxylic acids is 1. The molecule has 27 heavy (non-hydrogen) atoms. The predicted octanol–water partition coefficient (Wildman–Crippen LogP) is 3.44. The van der Waals surface area contributed by atoms with Gasteiger partial charge < -0.3 is 9.73 Å². The predicted molar refractivity (Wildman–Crippen MR) is 95.5 cm³/mol. The standard InChI is InChI=1S/C19H14FN5O2/c20-14-5-2-4-13(11-14)16-7-8-17(27-16)19(26)21-15-6-1-3-12(9-15)10-18-22-24-25-23-18/h1-9,11H,10H2,(H,21,26)(H,22,23,24,25). The molecule has 1 amide bonds. The zero-order valence-electron chi connectivity index (χ0n) is 14.0. The summed E-state index contributed by atoms with van der Waals surface area (Å²) in [7, 11) is 0. The number of halogens is 1. The minimum atomic E-state index is -0.394. The topological polar surface area (TPSA) is 96.7 Å². The number of aromatic amines is 1. The lowest BCUT2D eigenvalue weighted by molar-refractivity contribution is 0.0997. The van der Waals surface area contributed by atoms with Gasteiger partial charge in [0.15, 0.2) is 11.6 Å². The van der Waals surface area contributed by atoms with E-state index in [1.165, 1.54) is 12.1 Å². The molecule has 4 aromatic rings. The molecule has 0 aliphatic heterocycles. The molecular formula is C19H14FN5O2. The molecule has 0 unspecified atom stereocenters. The second-order valence-corrected chi connectivity index (χ2v) is 5.83. The van der Waals surface area contributed by atoms with Crippen molar-refractivity contribution in [1.29, 1.82) is 0 Å². The first-order valence-electron chi connectivity index (χ1n) is 8.16. The largest absolute Gasteiger partial charge is 0.451 e. The third-order valence-corrected chi connectivity index (χ3v) is 3.88. The number of hydrogen-bond donors (Lipinski definition) is 2. The fourth-order valence-corrected chi connectivity index (χ4v) is 2.65. The Morgan fingerprint density at radius 3 is 2.81 bits per heavy atom. The zero-order chi connectivity index (χ0) is 18.6. The Morgan fingerprint density at radius 2 is 2.00 bits per heavy atom. The molecular weight excluding hydrogens is 349 g/mol. The van der Waals surface area contributed by atoms with Crippen molar-refractivity contribution in [2.24, 2.45) is 0 Å². The van der Waals surface area contributed by atoms with Crippen LogP contribution in [0.15, 0.2) is 65.1 Å². The maximum absolute atomic E-state index is 13.3. The summed E-state index contributed by atoms with van der Waals surface area (Å²) in [5, 5.41) is 16.5. The molecule has 2 heterocycles. The summed E-state index contributed by atoms with van der Waals surface area (Å²) < 4.78 is 18.9. The molecule has 134 valence electrons. The van der Waals surface area contributed by atoms with Gasteiger partial charge in [-0.15, -0.1) is 10.2 Å². The number of aromatic nitrogens is 4. The van der Waals surface area contributed by atoms with Crippen LogP contribution in [0, 0.1) is 5.82 Å². The maximum atomic E-state index is 13.3. The van der Waals surface area contributed by atoms with E-state index in [-0.39, 0.29) is 11.6 Å². The molecule has 2 aromatic heterocycles. The van der Waals surface area contributed by atoms with E-state index >= 15 is 0 Å². The molecule has 0 fully saturated rings. The average molecular weight is 363 g/mol. The molecule has 0 aliphatic carbocycles. The number of anilines is 1. The van der Waals surface area contributed by atoms with Gasteiger partial charge in [0.05, 0.1) is 0 Å². The first-order chi connectivity index (χ1) is 13.2. The Bertz CT molecular complexity index is 1080. The number of nitrogens with one attached hydrogen (secondary N) is 2. The molecule has 7 nitrogen and oxygen atoms in total. The van der Waals surface area contributed by atoms with E-state index in [1.807, 2.05) is 18.2 Å². The van der Waals surface area contributed by atoms with E-state index < -0.39 is 5.91 Å². The van der Waals surface area contributed by atoms with Crippen molar-refractivity contribution in [3.63, 3.8) is 0 Å². The lowest BCUT2D eigenvalue weighted by atomic mass is 10.1. The molecule has 0 bridgehead atoms. The number of H-pyrrole nitrogens is 1. The average Bonchev–Trinajstić information content (AvgIpc) is 3.34. The second kappa shape index (κ2) is 7.20. The van der Waals surface area contributed by atoms with Crippen LogP contribution in [0.3, 0.4) is 0 Å². The number of rotatable bonds is 5. The molecule has 2 N–H and O–H groups in total. The van der Waals surface area contributed by atoms with Crippen LogP contribution in [0.5, 0.6) is 0 Å². The summed E-state index contributed by atoms with van der Waals surface area (Å²) in [6, 6.07) is 16.5. The quantitative estimate of drug-likeness (QED) is 0.566. The summed E-state index contributed by atoms with van der Waals surface area (Å²) >= 11 is 0. The number of tetrazole rings is 1. The summed E-state index contributed by atoms with van der Waals surface area (Å²) in [5.41, 5.74) is 2.11. The van der Waals surface area contributed by atoms with Gasteiger partial charge in [-0.05, 0) is 42.0 Å². The highest BCUT2D eigenvalue weighted by molar-refractivity contribution is 6.02. The molecule has 0 atom stereocenters. The van der Waals surface area contributed by atoms with Gasteiger partial charge in [0, 0.05) is 17.7 Å². The van der Waals surface area contributed by atoms with Crippen LogP contribution in [-0.4, -0.2) is 26.5 Å². The van der Waals surface area contributed by atoms with Crippen molar-refractivity contribution in [1.82, 2.24) is 20.6 Å². The monoisotopic (exact) mass is 363 g/mol. The van der Waals surface area contributed by atoms with Gasteiger partial charge in [0.25, 0.3) is 5.91 Å². The van der Waals surface area contributed by atoms with Gasteiger partial charge in [-0.2, -0.15) is 5.21 Å². The van der Waals surface area contributed by atoms with Gasteiger partial charge in [-0.25, -0.2) is 4.39 Å². The highest BCUT2D eigenvalue weighted by Gasteiger charge is 2.13. The number of amides is 1. The number of benzene rings is 2. The summed E-state index contributed by atoms with van der Waals surface area (Å²) in [4.78, 5) is 12.4. The molecule has 4 rings (SSSR count).